The second kappa shape index (κ2) is 8.60. The highest BCUT2D eigenvalue weighted by molar-refractivity contribution is 6.04. The normalized spacial score (nSPS) is 11.8. The standard InChI is InChI=1S/C22H21N5O3/c1-29-16-10-11-20(30-2)15(12-16)13-18(21-24-26-27-25-21)22(28)23-19-9-5-7-14-6-3-4-8-17(14)19/h3-12,18H,13H2,1-2H3,(H,23,28)(H,24,25,26,27)/t18-/m1/s1. The molecule has 0 aliphatic rings. The van der Waals surface area contributed by atoms with E-state index in [0.29, 0.717) is 23.7 Å². The Morgan fingerprint density at radius 2 is 1.90 bits per heavy atom. The van der Waals surface area contributed by atoms with Crippen LogP contribution in [0.5, 0.6) is 11.5 Å². The smallest absolute Gasteiger partial charge is 0.235 e. The SMILES string of the molecule is COc1ccc(OC)c(C[C@@H](C(=O)Nc2cccc3ccccc23)c2nn[nH]n2)c1. The number of hydrogen-bond acceptors (Lipinski definition) is 6. The highest BCUT2D eigenvalue weighted by Crippen LogP contribution is 2.30. The van der Waals surface area contributed by atoms with Crippen molar-refractivity contribution in [3.8, 4) is 11.5 Å². The lowest BCUT2D eigenvalue weighted by molar-refractivity contribution is -0.117. The Balaban J connectivity index is 1.67. The lowest BCUT2D eigenvalue weighted by Gasteiger charge is -2.17. The predicted molar refractivity (Wildman–Crippen MR) is 113 cm³/mol. The number of nitrogens with zero attached hydrogens (tertiary/aromatic N) is 3. The van der Waals surface area contributed by atoms with Crippen molar-refractivity contribution in [2.45, 2.75) is 12.3 Å². The summed E-state index contributed by atoms with van der Waals surface area (Å²) in [6.07, 6.45) is 0.316. The molecule has 0 bridgehead atoms. The maximum Gasteiger partial charge on any atom is 0.235 e. The number of tetrazole rings is 1. The molecular weight excluding hydrogens is 382 g/mol. The highest BCUT2D eigenvalue weighted by atomic mass is 16.5. The summed E-state index contributed by atoms with van der Waals surface area (Å²) >= 11 is 0. The molecule has 0 spiro atoms. The van der Waals surface area contributed by atoms with Crippen LogP contribution in [0, 0.1) is 0 Å². The van der Waals surface area contributed by atoms with Crippen LogP contribution >= 0.6 is 0 Å². The van der Waals surface area contributed by atoms with Crippen molar-refractivity contribution < 1.29 is 14.3 Å². The van der Waals surface area contributed by atoms with Gasteiger partial charge in [0, 0.05) is 11.1 Å². The van der Waals surface area contributed by atoms with Gasteiger partial charge in [-0.05, 0) is 41.6 Å². The molecule has 4 rings (SSSR count). The van der Waals surface area contributed by atoms with Crippen molar-refractivity contribution in [1.29, 1.82) is 0 Å². The van der Waals surface area contributed by atoms with Crippen molar-refractivity contribution in [2.75, 3.05) is 19.5 Å². The Kier molecular flexibility index (Phi) is 5.56. The van der Waals surface area contributed by atoms with Crippen LogP contribution in [-0.2, 0) is 11.2 Å². The zero-order valence-corrected chi connectivity index (χ0v) is 16.6. The van der Waals surface area contributed by atoms with Crippen LogP contribution in [0.1, 0.15) is 17.3 Å². The fraction of sp³-hybridized carbons (Fsp3) is 0.182. The number of fused-ring (bicyclic) bond motifs is 1. The number of nitrogens with one attached hydrogen (secondary N) is 2. The minimum atomic E-state index is -0.677. The van der Waals surface area contributed by atoms with Gasteiger partial charge in [0.15, 0.2) is 5.82 Å². The van der Waals surface area contributed by atoms with Gasteiger partial charge in [0.05, 0.1) is 14.2 Å². The molecule has 8 nitrogen and oxygen atoms in total. The maximum absolute atomic E-state index is 13.3. The maximum atomic E-state index is 13.3. The largest absolute Gasteiger partial charge is 0.497 e. The van der Waals surface area contributed by atoms with Gasteiger partial charge in [0.2, 0.25) is 5.91 Å². The molecule has 1 aromatic heterocycles. The first-order valence-corrected chi connectivity index (χ1v) is 9.42. The van der Waals surface area contributed by atoms with E-state index in [1.54, 1.807) is 14.2 Å². The van der Waals surface area contributed by atoms with Crippen LogP contribution in [0.3, 0.4) is 0 Å². The van der Waals surface area contributed by atoms with Crippen molar-refractivity contribution in [2.24, 2.45) is 0 Å². The topological polar surface area (TPSA) is 102 Å². The van der Waals surface area contributed by atoms with Crippen LogP contribution in [0.15, 0.2) is 60.7 Å². The summed E-state index contributed by atoms with van der Waals surface area (Å²) in [5.41, 5.74) is 1.53. The summed E-state index contributed by atoms with van der Waals surface area (Å²) in [5, 5.41) is 19.2. The Hall–Kier alpha value is -3.94. The van der Waals surface area contributed by atoms with Crippen LogP contribution in [0.2, 0.25) is 0 Å². The fourth-order valence-electron chi connectivity index (χ4n) is 3.43. The molecule has 0 saturated carbocycles. The van der Waals surface area contributed by atoms with Gasteiger partial charge in [-0.3, -0.25) is 4.79 Å². The molecule has 0 aliphatic carbocycles. The number of hydrogen-bond donors (Lipinski definition) is 2. The number of carbonyl (C=O) groups excluding carboxylic acids is 1. The molecule has 0 radical (unpaired) electrons. The van der Waals surface area contributed by atoms with Gasteiger partial charge in [-0.25, -0.2) is 0 Å². The van der Waals surface area contributed by atoms with Gasteiger partial charge in [-0.15, -0.1) is 10.2 Å². The Morgan fingerprint density at radius 3 is 2.67 bits per heavy atom. The number of aromatic nitrogens is 4. The highest BCUT2D eigenvalue weighted by Gasteiger charge is 2.27. The first-order chi connectivity index (χ1) is 14.7. The molecule has 0 unspecified atom stereocenters. The second-order valence-corrected chi connectivity index (χ2v) is 6.72. The van der Waals surface area contributed by atoms with Crippen LogP contribution in [0.4, 0.5) is 5.69 Å². The number of methoxy groups -OCH3 is 2. The number of amides is 1. The summed E-state index contributed by atoms with van der Waals surface area (Å²) in [6.45, 7) is 0. The van der Waals surface area contributed by atoms with Gasteiger partial charge < -0.3 is 14.8 Å². The first-order valence-electron chi connectivity index (χ1n) is 9.42. The summed E-state index contributed by atoms with van der Waals surface area (Å²) in [5.74, 6) is 0.716. The fourth-order valence-corrected chi connectivity index (χ4v) is 3.43. The van der Waals surface area contributed by atoms with Gasteiger partial charge in [0.1, 0.15) is 17.4 Å². The minimum absolute atomic E-state index is 0.238. The Labute approximate surface area is 173 Å². The quantitative estimate of drug-likeness (QED) is 0.491. The zero-order valence-electron chi connectivity index (χ0n) is 16.6. The van der Waals surface area contributed by atoms with E-state index in [0.717, 1.165) is 22.0 Å². The molecule has 3 aromatic carbocycles. The van der Waals surface area contributed by atoms with E-state index in [-0.39, 0.29) is 5.91 Å². The molecule has 8 heteroatoms. The van der Waals surface area contributed by atoms with Gasteiger partial charge in [-0.2, -0.15) is 5.21 Å². The van der Waals surface area contributed by atoms with Crippen molar-refractivity contribution in [3.05, 3.63) is 72.1 Å². The third-order valence-electron chi connectivity index (χ3n) is 4.95. The van der Waals surface area contributed by atoms with E-state index in [2.05, 4.69) is 25.9 Å². The summed E-state index contributed by atoms with van der Waals surface area (Å²) in [7, 11) is 3.18. The summed E-state index contributed by atoms with van der Waals surface area (Å²) < 4.78 is 10.8. The van der Waals surface area contributed by atoms with Crippen molar-refractivity contribution in [1.82, 2.24) is 20.6 Å². The number of carbonyl (C=O) groups is 1. The number of anilines is 1. The molecule has 2 N–H and O–H groups in total. The van der Waals surface area contributed by atoms with E-state index in [9.17, 15) is 4.79 Å². The molecule has 1 atom stereocenters. The first kappa shape index (κ1) is 19.4. The Bertz CT molecular complexity index is 1160. The lowest BCUT2D eigenvalue weighted by Crippen LogP contribution is -2.24. The van der Waals surface area contributed by atoms with Gasteiger partial charge in [0.25, 0.3) is 0 Å². The third-order valence-corrected chi connectivity index (χ3v) is 4.95. The molecule has 0 saturated heterocycles. The molecule has 152 valence electrons. The number of aromatic amines is 1. The van der Waals surface area contributed by atoms with Crippen molar-refractivity contribution >= 4 is 22.4 Å². The van der Waals surface area contributed by atoms with Gasteiger partial charge in [-0.1, -0.05) is 41.6 Å². The number of ether oxygens (including phenoxy) is 2. The van der Waals surface area contributed by atoms with E-state index in [1.165, 1.54) is 0 Å². The van der Waals surface area contributed by atoms with Crippen LogP contribution < -0.4 is 14.8 Å². The molecule has 0 aliphatic heterocycles. The average Bonchev–Trinajstić information content (AvgIpc) is 3.32. The summed E-state index contributed by atoms with van der Waals surface area (Å²) in [6, 6.07) is 19.1. The average molecular weight is 403 g/mol. The van der Waals surface area contributed by atoms with E-state index in [1.807, 2.05) is 60.7 Å². The van der Waals surface area contributed by atoms with Gasteiger partial charge >= 0.3 is 0 Å². The molecule has 1 heterocycles. The minimum Gasteiger partial charge on any atom is -0.497 e. The van der Waals surface area contributed by atoms with E-state index < -0.39 is 5.92 Å². The monoisotopic (exact) mass is 403 g/mol. The molecule has 0 fully saturated rings. The Morgan fingerprint density at radius 1 is 1.07 bits per heavy atom. The second-order valence-electron chi connectivity index (χ2n) is 6.72. The molecule has 4 aromatic rings. The van der Waals surface area contributed by atoms with E-state index in [4.69, 9.17) is 9.47 Å². The van der Waals surface area contributed by atoms with E-state index >= 15 is 0 Å². The van der Waals surface area contributed by atoms with Crippen LogP contribution in [0.25, 0.3) is 10.8 Å². The number of rotatable bonds is 7. The lowest BCUT2D eigenvalue weighted by atomic mass is 9.96. The van der Waals surface area contributed by atoms with Crippen molar-refractivity contribution in [3.63, 3.8) is 0 Å². The summed E-state index contributed by atoms with van der Waals surface area (Å²) in [4.78, 5) is 13.3. The van der Waals surface area contributed by atoms with Crippen LogP contribution in [-0.4, -0.2) is 40.8 Å². The molecular formula is C22H21N5O3. The molecule has 30 heavy (non-hydrogen) atoms. The third kappa shape index (κ3) is 3.93. The number of benzene rings is 3. The zero-order chi connectivity index (χ0) is 20.9. The molecule has 1 amide bonds. The number of H-pyrrole nitrogens is 1. The predicted octanol–water partition coefficient (Wildman–Crippen LogP) is 3.34.